The Balaban J connectivity index is 2.01. The van der Waals surface area contributed by atoms with E-state index in [-0.39, 0.29) is 6.54 Å². The first kappa shape index (κ1) is 12.9. The second-order valence-corrected chi connectivity index (χ2v) is 5.31. The second kappa shape index (κ2) is 4.79. The molecule has 2 aromatic rings. The number of nitrogens with zero attached hydrogens (tertiary/aromatic N) is 2. The predicted molar refractivity (Wildman–Crippen MR) is 73.9 cm³/mol. The first-order valence-corrected chi connectivity index (χ1v) is 6.61. The lowest BCUT2D eigenvalue weighted by molar-refractivity contribution is -0.114. The Kier molecular flexibility index (Phi) is 3.10. The summed E-state index contributed by atoms with van der Waals surface area (Å²) in [6.07, 6.45) is 2.56. The van der Waals surface area contributed by atoms with E-state index >= 15 is 0 Å². The van der Waals surface area contributed by atoms with E-state index < -0.39 is 17.5 Å². The molecule has 0 fully saturated rings. The summed E-state index contributed by atoms with van der Waals surface area (Å²) in [4.78, 5) is 29.0. The van der Waals surface area contributed by atoms with Crippen LogP contribution in [0.2, 0.25) is 0 Å². The molecular formula is C14H8BrFN2O2. The molecule has 0 atom stereocenters. The van der Waals surface area contributed by atoms with Crippen molar-refractivity contribution in [2.24, 2.45) is 0 Å². The zero-order chi connectivity index (χ0) is 14.3. The molecule has 3 rings (SSSR count). The van der Waals surface area contributed by atoms with Crippen LogP contribution in [-0.2, 0) is 11.3 Å². The Bertz CT molecular complexity index is 733. The van der Waals surface area contributed by atoms with E-state index in [1.54, 1.807) is 18.2 Å². The van der Waals surface area contributed by atoms with E-state index in [9.17, 15) is 14.0 Å². The van der Waals surface area contributed by atoms with Gasteiger partial charge in [-0.15, -0.1) is 0 Å². The van der Waals surface area contributed by atoms with Crippen LogP contribution in [0.3, 0.4) is 0 Å². The monoisotopic (exact) mass is 334 g/mol. The Morgan fingerprint density at radius 1 is 1.20 bits per heavy atom. The number of rotatable bonds is 2. The van der Waals surface area contributed by atoms with Gasteiger partial charge in [-0.1, -0.05) is 15.9 Å². The smallest absolute Gasteiger partial charge is 0.299 e. The van der Waals surface area contributed by atoms with Crippen LogP contribution in [0, 0.1) is 5.82 Å². The number of amides is 1. The Labute approximate surface area is 122 Å². The summed E-state index contributed by atoms with van der Waals surface area (Å²) in [5.41, 5.74) is 1.42. The first-order chi connectivity index (χ1) is 9.56. The van der Waals surface area contributed by atoms with Gasteiger partial charge in [-0.05, 0) is 29.8 Å². The SMILES string of the molecule is O=C1C(=O)N(Cc2cncc(F)c2)c2cc(Br)ccc21. The minimum atomic E-state index is -0.609. The number of fused-ring (bicyclic) bond motifs is 1. The summed E-state index contributed by atoms with van der Waals surface area (Å²) in [6, 6.07) is 6.30. The lowest BCUT2D eigenvalue weighted by Crippen LogP contribution is -2.29. The third kappa shape index (κ3) is 2.12. The van der Waals surface area contributed by atoms with Crippen molar-refractivity contribution >= 4 is 33.3 Å². The minimum absolute atomic E-state index is 0.110. The van der Waals surface area contributed by atoms with E-state index in [2.05, 4.69) is 20.9 Å². The van der Waals surface area contributed by atoms with Crippen molar-refractivity contribution in [1.82, 2.24) is 4.98 Å². The van der Waals surface area contributed by atoms with Gasteiger partial charge in [0.15, 0.2) is 0 Å². The van der Waals surface area contributed by atoms with Gasteiger partial charge in [0.05, 0.1) is 24.0 Å². The van der Waals surface area contributed by atoms with Crippen LogP contribution in [0.5, 0.6) is 0 Å². The summed E-state index contributed by atoms with van der Waals surface area (Å²) in [5, 5.41) is 0. The van der Waals surface area contributed by atoms with Crippen molar-refractivity contribution in [1.29, 1.82) is 0 Å². The molecule has 0 aliphatic carbocycles. The Morgan fingerprint density at radius 2 is 2.00 bits per heavy atom. The third-order valence-electron chi connectivity index (χ3n) is 3.04. The van der Waals surface area contributed by atoms with Crippen molar-refractivity contribution < 1.29 is 14.0 Å². The highest BCUT2D eigenvalue weighted by Crippen LogP contribution is 2.32. The summed E-state index contributed by atoms with van der Waals surface area (Å²) < 4.78 is 13.9. The molecule has 0 radical (unpaired) electrons. The highest BCUT2D eigenvalue weighted by molar-refractivity contribution is 9.10. The molecule has 1 aromatic heterocycles. The van der Waals surface area contributed by atoms with Gasteiger partial charge in [-0.3, -0.25) is 14.6 Å². The number of anilines is 1. The Morgan fingerprint density at radius 3 is 2.75 bits per heavy atom. The number of carbonyl (C=O) groups excluding carboxylic acids is 2. The van der Waals surface area contributed by atoms with Crippen LogP contribution in [0.15, 0.2) is 41.1 Å². The maximum atomic E-state index is 13.1. The van der Waals surface area contributed by atoms with Crippen LogP contribution >= 0.6 is 15.9 Å². The third-order valence-corrected chi connectivity index (χ3v) is 3.53. The molecule has 2 heterocycles. The summed E-state index contributed by atoms with van der Waals surface area (Å²) in [5.74, 6) is -1.63. The molecule has 0 bridgehead atoms. The number of halogens is 2. The normalized spacial score (nSPS) is 13.8. The molecule has 100 valence electrons. The maximum absolute atomic E-state index is 13.1. The largest absolute Gasteiger partial charge is 0.300 e. The molecule has 1 aliphatic rings. The Hall–Kier alpha value is -2.08. The van der Waals surface area contributed by atoms with Gasteiger partial charge in [0.1, 0.15) is 5.82 Å². The van der Waals surface area contributed by atoms with Gasteiger partial charge >= 0.3 is 0 Å². The summed E-state index contributed by atoms with van der Waals surface area (Å²) in [7, 11) is 0. The van der Waals surface area contributed by atoms with Gasteiger partial charge in [-0.2, -0.15) is 0 Å². The van der Waals surface area contributed by atoms with Crippen molar-refractivity contribution in [2.75, 3.05) is 4.90 Å². The fraction of sp³-hybridized carbons (Fsp3) is 0.0714. The minimum Gasteiger partial charge on any atom is -0.300 e. The van der Waals surface area contributed by atoms with Crippen molar-refractivity contribution in [3.8, 4) is 0 Å². The molecule has 1 aliphatic heterocycles. The van der Waals surface area contributed by atoms with Gasteiger partial charge in [-0.25, -0.2) is 4.39 Å². The molecule has 1 amide bonds. The highest BCUT2D eigenvalue weighted by Gasteiger charge is 2.35. The van der Waals surface area contributed by atoms with Crippen LogP contribution in [-0.4, -0.2) is 16.7 Å². The van der Waals surface area contributed by atoms with Gasteiger partial charge in [0, 0.05) is 10.7 Å². The summed E-state index contributed by atoms with van der Waals surface area (Å²) in [6.45, 7) is 0.110. The molecule has 0 N–H and O–H groups in total. The lowest BCUT2D eigenvalue weighted by atomic mass is 10.1. The topological polar surface area (TPSA) is 50.3 Å². The van der Waals surface area contributed by atoms with E-state index in [1.807, 2.05) is 0 Å². The fourth-order valence-corrected chi connectivity index (χ4v) is 2.50. The molecule has 0 saturated heterocycles. The molecule has 0 saturated carbocycles. The van der Waals surface area contributed by atoms with Crippen molar-refractivity contribution in [2.45, 2.75) is 6.54 Å². The zero-order valence-corrected chi connectivity index (χ0v) is 11.7. The van der Waals surface area contributed by atoms with Gasteiger partial charge in [0.25, 0.3) is 11.7 Å². The molecule has 1 aromatic carbocycles. The number of carbonyl (C=O) groups is 2. The number of hydrogen-bond donors (Lipinski definition) is 0. The van der Waals surface area contributed by atoms with Crippen LogP contribution in [0.25, 0.3) is 0 Å². The van der Waals surface area contributed by atoms with Gasteiger partial charge in [0.2, 0.25) is 0 Å². The number of pyridine rings is 1. The van der Waals surface area contributed by atoms with E-state index in [1.165, 1.54) is 17.2 Å². The highest BCUT2D eigenvalue weighted by atomic mass is 79.9. The average molecular weight is 335 g/mol. The number of Topliss-reactive ketones (excluding diaryl/α,β-unsaturated/α-hetero) is 1. The van der Waals surface area contributed by atoms with Crippen LogP contribution < -0.4 is 4.90 Å². The fourth-order valence-electron chi connectivity index (χ4n) is 2.15. The zero-order valence-electron chi connectivity index (χ0n) is 10.1. The molecular weight excluding hydrogens is 327 g/mol. The van der Waals surface area contributed by atoms with Crippen molar-refractivity contribution in [3.05, 3.63) is 58.1 Å². The van der Waals surface area contributed by atoms with E-state index in [0.717, 1.165) is 10.7 Å². The molecule has 6 heteroatoms. The molecule has 0 unspecified atom stereocenters. The number of aromatic nitrogens is 1. The average Bonchev–Trinajstić information content (AvgIpc) is 2.64. The lowest BCUT2D eigenvalue weighted by Gasteiger charge is -2.16. The molecule has 20 heavy (non-hydrogen) atoms. The first-order valence-electron chi connectivity index (χ1n) is 5.81. The van der Waals surface area contributed by atoms with E-state index in [0.29, 0.717) is 16.8 Å². The van der Waals surface area contributed by atoms with Crippen LogP contribution in [0.4, 0.5) is 10.1 Å². The maximum Gasteiger partial charge on any atom is 0.299 e. The predicted octanol–water partition coefficient (Wildman–Crippen LogP) is 2.71. The number of benzene rings is 1. The molecule has 0 spiro atoms. The standard InChI is InChI=1S/C14H8BrFN2O2/c15-9-1-2-11-12(4-9)18(14(20)13(11)19)7-8-3-10(16)6-17-5-8/h1-6H,7H2. The van der Waals surface area contributed by atoms with E-state index in [4.69, 9.17) is 0 Å². The van der Waals surface area contributed by atoms with Crippen LogP contribution in [0.1, 0.15) is 15.9 Å². The number of hydrogen-bond acceptors (Lipinski definition) is 3. The quantitative estimate of drug-likeness (QED) is 0.793. The second-order valence-electron chi connectivity index (χ2n) is 4.39. The molecule has 4 nitrogen and oxygen atoms in total. The van der Waals surface area contributed by atoms with Crippen molar-refractivity contribution in [3.63, 3.8) is 0 Å². The van der Waals surface area contributed by atoms with Gasteiger partial charge < -0.3 is 4.90 Å². The number of ketones is 1. The summed E-state index contributed by atoms with van der Waals surface area (Å²) >= 11 is 3.31.